The average molecular weight is 317 g/mol. The van der Waals surface area contributed by atoms with Crippen LogP contribution in [0.3, 0.4) is 0 Å². The summed E-state index contributed by atoms with van der Waals surface area (Å²) in [6.07, 6.45) is 3.73. The summed E-state index contributed by atoms with van der Waals surface area (Å²) in [4.78, 5) is 21.4. The monoisotopic (exact) mass is 317 g/mol. The average Bonchev–Trinajstić information content (AvgIpc) is 2.61. The smallest absolute Gasteiger partial charge is 0.223 e. The van der Waals surface area contributed by atoms with Gasteiger partial charge in [-0.1, -0.05) is 0 Å². The molecule has 2 fully saturated rings. The number of hydrogen-bond acceptors (Lipinski definition) is 5. The van der Waals surface area contributed by atoms with Crippen molar-refractivity contribution in [3.8, 4) is 0 Å². The van der Waals surface area contributed by atoms with Gasteiger partial charge in [0.05, 0.1) is 0 Å². The number of nitrogens with zero attached hydrogens (tertiary/aromatic N) is 3. The summed E-state index contributed by atoms with van der Waals surface area (Å²) in [6.45, 7) is 6.63. The van der Waals surface area contributed by atoms with E-state index in [1.165, 1.54) is 0 Å². The third kappa shape index (κ3) is 4.42. The fraction of sp³-hybridized carbons (Fsp3) is 0.647. The number of piperazine rings is 1. The normalized spacial score (nSPS) is 20.5. The Balaban J connectivity index is 1.54. The summed E-state index contributed by atoms with van der Waals surface area (Å²) in [7, 11) is 2.15. The van der Waals surface area contributed by atoms with Crippen LogP contribution >= 0.6 is 0 Å². The minimum atomic E-state index is 0.162. The lowest BCUT2D eigenvalue weighted by atomic mass is 9.97. The van der Waals surface area contributed by atoms with Crippen LogP contribution in [0.15, 0.2) is 18.3 Å². The van der Waals surface area contributed by atoms with Gasteiger partial charge in [0.15, 0.2) is 0 Å². The molecule has 0 aromatic carbocycles. The summed E-state index contributed by atoms with van der Waals surface area (Å²) >= 11 is 0. The molecular weight excluding hydrogens is 290 g/mol. The van der Waals surface area contributed by atoms with Crippen LogP contribution in [-0.4, -0.2) is 62.1 Å². The summed E-state index contributed by atoms with van der Waals surface area (Å²) < 4.78 is 0. The Morgan fingerprint density at radius 1 is 1.30 bits per heavy atom. The molecule has 0 radical (unpaired) electrons. The molecule has 2 saturated heterocycles. The van der Waals surface area contributed by atoms with Crippen LogP contribution < -0.4 is 15.5 Å². The lowest BCUT2D eigenvalue weighted by molar-refractivity contribution is -0.125. The van der Waals surface area contributed by atoms with E-state index < -0.39 is 0 Å². The van der Waals surface area contributed by atoms with Gasteiger partial charge in [-0.2, -0.15) is 0 Å². The quantitative estimate of drug-likeness (QED) is 0.844. The first-order valence-electron chi connectivity index (χ1n) is 8.59. The van der Waals surface area contributed by atoms with E-state index in [-0.39, 0.29) is 11.8 Å². The SMILES string of the molecule is CN1CCN(c2cc(CNC(=O)C3CCNCC3)ccn2)CC1. The minimum Gasteiger partial charge on any atom is -0.354 e. The molecule has 2 aliphatic heterocycles. The Labute approximate surface area is 138 Å². The van der Waals surface area contributed by atoms with Gasteiger partial charge in [-0.15, -0.1) is 0 Å². The molecule has 0 atom stereocenters. The van der Waals surface area contributed by atoms with Crippen molar-refractivity contribution in [3.05, 3.63) is 23.9 Å². The largest absolute Gasteiger partial charge is 0.354 e. The fourth-order valence-corrected chi connectivity index (χ4v) is 3.20. The second kappa shape index (κ2) is 7.75. The van der Waals surface area contributed by atoms with Gasteiger partial charge in [-0.05, 0) is 50.7 Å². The second-order valence-corrected chi connectivity index (χ2v) is 6.55. The van der Waals surface area contributed by atoms with Crippen LogP contribution in [0, 0.1) is 5.92 Å². The van der Waals surface area contributed by atoms with E-state index in [0.29, 0.717) is 6.54 Å². The lowest BCUT2D eigenvalue weighted by Gasteiger charge is -2.33. The van der Waals surface area contributed by atoms with Gasteiger partial charge >= 0.3 is 0 Å². The molecule has 1 aromatic rings. The van der Waals surface area contributed by atoms with Crippen molar-refractivity contribution in [1.82, 2.24) is 20.5 Å². The molecule has 126 valence electrons. The van der Waals surface area contributed by atoms with E-state index in [1.54, 1.807) is 0 Å². The number of pyridine rings is 1. The number of nitrogens with one attached hydrogen (secondary N) is 2. The second-order valence-electron chi connectivity index (χ2n) is 6.55. The van der Waals surface area contributed by atoms with Gasteiger partial charge in [0.1, 0.15) is 5.82 Å². The molecule has 2 aliphatic rings. The summed E-state index contributed by atoms with van der Waals surface area (Å²) in [5.41, 5.74) is 1.12. The van der Waals surface area contributed by atoms with E-state index in [4.69, 9.17) is 0 Å². The van der Waals surface area contributed by atoms with E-state index in [1.807, 2.05) is 12.3 Å². The van der Waals surface area contributed by atoms with Crippen LogP contribution in [0.4, 0.5) is 5.82 Å². The van der Waals surface area contributed by atoms with Crippen LogP contribution in [0.2, 0.25) is 0 Å². The van der Waals surface area contributed by atoms with Gasteiger partial charge in [0.25, 0.3) is 0 Å². The Kier molecular flexibility index (Phi) is 5.46. The molecule has 0 spiro atoms. The number of carbonyl (C=O) groups is 1. The lowest BCUT2D eigenvalue weighted by Crippen LogP contribution is -2.44. The van der Waals surface area contributed by atoms with Gasteiger partial charge in [-0.25, -0.2) is 4.98 Å². The Morgan fingerprint density at radius 3 is 2.78 bits per heavy atom. The van der Waals surface area contributed by atoms with Crippen LogP contribution in [0.1, 0.15) is 18.4 Å². The minimum absolute atomic E-state index is 0.162. The highest BCUT2D eigenvalue weighted by Gasteiger charge is 2.20. The van der Waals surface area contributed by atoms with Crippen LogP contribution in [-0.2, 0) is 11.3 Å². The first kappa shape index (κ1) is 16.2. The van der Waals surface area contributed by atoms with Crippen LogP contribution in [0.5, 0.6) is 0 Å². The van der Waals surface area contributed by atoms with Crippen molar-refractivity contribution < 1.29 is 4.79 Å². The zero-order valence-corrected chi connectivity index (χ0v) is 13.9. The third-order valence-corrected chi connectivity index (χ3v) is 4.81. The number of carbonyl (C=O) groups excluding carboxylic acids is 1. The fourth-order valence-electron chi connectivity index (χ4n) is 3.20. The van der Waals surface area contributed by atoms with Gasteiger partial charge < -0.3 is 20.4 Å². The van der Waals surface area contributed by atoms with Crippen molar-refractivity contribution in [2.45, 2.75) is 19.4 Å². The van der Waals surface area contributed by atoms with E-state index in [0.717, 1.165) is 63.5 Å². The topological polar surface area (TPSA) is 60.5 Å². The molecule has 0 aliphatic carbocycles. The molecule has 1 amide bonds. The van der Waals surface area contributed by atoms with Gasteiger partial charge in [0.2, 0.25) is 5.91 Å². The molecule has 1 aromatic heterocycles. The summed E-state index contributed by atoms with van der Waals surface area (Å²) in [6, 6.07) is 4.09. The van der Waals surface area contributed by atoms with Crippen molar-refractivity contribution in [2.24, 2.45) is 5.92 Å². The molecule has 6 nitrogen and oxygen atoms in total. The van der Waals surface area contributed by atoms with Crippen molar-refractivity contribution in [3.63, 3.8) is 0 Å². The number of amides is 1. The van der Waals surface area contributed by atoms with E-state index >= 15 is 0 Å². The molecule has 6 heteroatoms. The van der Waals surface area contributed by atoms with Crippen molar-refractivity contribution >= 4 is 11.7 Å². The van der Waals surface area contributed by atoms with Crippen LogP contribution in [0.25, 0.3) is 0 Å². The molecule has 0 saturated carbocycles. The highest BCUT2D eigenvalue weighted by atomic mass is 16.1. The molecule has 3 heterocycles. The highest BCUT2D eigenvalue weighted by molar-refractivity contribution is 5.78. The van der Waals surface area contributed by atoms with Gasteiger partial charge in [-0.3, -0.25) is 4.79 Å². The van der Waals surface area contributed by atoms with E-state index in [9.17, 15) is 4.79 Å². The van der Waals surface area contributed by atoms with Gasteiger partial charge in [0, 0.05) is 44.8 Å². The molecule has 23 heavy (non-hydrogen) atoms. The zero-order valence-electron chi connectivity index (χ0n) is 13.9. The Hall–Kier alpha value is -1.66. The number of aromatic nitrogens is 1. The maximum atomic E-state index is 12.2. The molecular formula is C17H27N5O. The highest BCUT2D eigenvalue weighted by Crippen LogP contribution is 2.15. The predicted octanol–water partition coefficient (Wildman–Crippen LogP) is 0.449. The maximum Gasteiger partial charge on any atom is 0.223 e. The molecule has 3 rings (SSSR count). The zero-order chi connectivity index (χ0) is 16.1. The predicted molar refractivity (Wildman–Crippen MR) is 91.4 cm³/mol. The number of rotatable bonds is 4. The standard InChI is InChI=1S/C17H27N5O/c1-21-8-10-22(11-9-21)16-12-14(2-7-19-16)13-20-17(23)15-3-5-18-6-4-15/h2,7,12,15,18H,3-6,8-11,13H2,1H3,(H,20,23). The first-order chi connectivity index (χ1) is 11.2. The molecule has 0 bridgehead atoms. The number of piperidine rings is 1. The molecule has 2 N–H and O–H groups in total. The summed E-state index contributed by atoms with van der Waals surface area (Å²) in [5, 5.41) is 6.38. The maximum absolute atomic E-state index is 12.2. The van der Waals surface area contributed by atoms with Crippen molar-refractivity contribution in [1.29, 1.82) is 0 Å². The van der Waals surface area contributed by atoms with Crippen molar-refractivity contribution in [2.75, 3.05) is 51.2 Å². The number of hydrogen-bond donors (Lipinski definition) is 2. The Bertz CT molecular complexity index is 521. The number of anilines is 1. The number of likely N-dealkylation sites (N-methyl/N-ethyl adjacent to an activating group) is 1. The Morgan fingerprint density at radius 2 is 2.04 bits per heavy atom. The first-order valence-corrected chi connectivity index (χ1v) is 8.59. The van der Waals surface area contributed by atoms with E-state index in [2.05, 4.69) is 38.5 Å². The molecule has 0 unspecified atom stereocenters. The summed E-state index contributed by atoms with van der Waals surface area (Å²) in [5.74, 6) is 1.37. The third-order valence-electron chi connectivity index (χ3n) is 4.81.